The van der Waals surface area contributed by atoms with E-state index in [4.69, 9.17) is 5.73 Å². The van der Waals surface area contributed by atoms with Crippen LogP contribution in [0.4, 0.5) is 0 Å². The van der Waals surface area contributed by atoms with E-state index in [9.17, 15) is 0 Å². The second kappa shape index (κ2) is 6.70. The van der Waals surface area contributed by atoms with Gasteiger partial charge in [-0.1, -0.05) is 37.3 Å². The molecule has 112 valence electrons. The Hall–Kier alpha value is -0.900. The average molecular weight is 275 g/mol. The lowest BCUT2D eigenvalue weighted by Crippen LogP contribution is -2.49. The van der Waals surface area contributed by atoms with Gasteiger partial charge in [-0.25, -0.2) is 0 Å². The van der Waals surface area contributed by atoms with Gasteiger partial charge in [0.2, 0.25) is 0 Å². The van der Waals surface area contributed by atoms with E-state index in [2.05, 4.69) is 61.2 Å². The molecule has 1 aromatic carbocycles. The topological polar surface area (TPSA) is 32.5 Å². The summed E-state index contributed by atoms with van der Waals surface area (Å²) in [5, 5.41) is 0. The Bertz CT molecular complexity index is 396. The minimum atomic E-state index is 0.0617. The standard InChI is InChI=1S/C17H29N3/c1-17(13-18,15-7-5-4-6-8-15)14-20-11-9-16(10-12-20)19(2)3/h4-8,16H,9-14,18H2,1-3H3. The second-order valence-electron chi connectivity index (χ2n) is 6.60. The highest BCUT2D eigenvalue weighted by molar-refractivity contribution is 5.25. The molecule has 0 bridgehead atoms. The summed E-state index contributed by atoms with van der Waals surface area (Å²) in [5.41, 5.74) is 7.52. The summed E-state index contributed by atoms with van der Waals surface area (Å²) in [6.07, 6.45) is 2.53. The fraction of sp³-hybridized carbons (Fsp3) is 0.647. The van der Waals surface area contributed by atoms with Gasteiger partial charge in [0.15, 0.2) is 0 Å². The summed E-state index contributed by atoms with van der Waals surface area (Å²) >= 11 is 0. The van der Waals surface area contributed by atoms with Crippen molar-refractivity contribution in [3.8, 4) is 0 Å². The third-order valence-corrected chi connectivity index (χ3v) is 4.78. The van der Waals surface area contributed by atoms with E-state index >= 15 is 0 Å². The van der Waals surface area contributed by atoms with Crippen LogP contribution in [0.2, 0.25) is 0 Å². The largest absolute Gasteiger partial charge is 0.330 e. The van der Waals surface area contributed by atoms with E-state index in [1.165, 1.54) is 31.5 Å². The Kier molecular flexibility index (Phi) is 5.19. The van der Waals surface area contributed by atoms with Gasteiger partial charge in [-0.2, -0.15) is 0 Å². The first-order chi connectivity index (χ1) is 9.55. The third kappa shape index (κ3) is 3.60. The zero-order valence-corrected chi connectivity index (χ0v) is 13.2. The molecule has 1 aliphatic heterocycles. The maximum atomic E-state index is 6.10. The predicted molar refractivity (Wildman–Crippen MR) is 86.0 cm³/mol. The van der Waals surface area contributed by atoms with E-state index in [1.807, 2.05) is 0 Å². The zero-order chi connectivity index (χ0) is 14.6. The van der Waals surface area contributed by atoms with Crippen LogP contribution in [0.1, 0.15) is 25.3 Å². The number of likely N-dealkylation sites (tertiary alicyclic amines) is 1. The predicted octanol–water partition coefficient (Wildman–Crippen LogP) is 1.93. The normalized spacial score (nSPS) is 21.1. The SMILES string of the molecule is CN(C)C1CCN(CC(C)(CN)c2ccccc2)CC1. The van der Waals surface area contributed by atoms with Crippen LogP contribution in [0.5, 0.6) is 0 Å². The van der Waals surface area contributed by atoms with Crippen LogP contribution in [-0.4, -0.2) is 56.1 Å². The molecule has 0 radical (unpaired) electrons. The number of hydrogen-bond donors (Lipinski definition) is 1. The van der Waals surface area contributed by atoms with Gasteiger partial charge in [0.25, 0.3) is 0 Å². The quantitative estimate of drug-likeness (QED) is 0.891. The smallest absolute Gasteiger partial charge is 0.0174 e. The highest BCUT2D eigenvalue weighted by Gasteiger charge is 2.30. The van der Waals surface area contributed by atoms with Crippen LogP contribution in [0.25, 0.3) is 0 Å². The molecule has 1 saturated heterocycles. The van der Waals surface area contributed by atoms with Crippen LogP contribution < -0.4 is 5.73 Å². The average Bonchev–Trinajstić information content (AvgIpc) is 2.48. The molecule has 0 amide bonds. The molecule has 2 rings (SSSR count). The molecule has 0 aromatic heterocycles. The molecule has 1 aromatic rings. The van der Waals surface area contributed by atoms with Gasteiger partial charge in [-0.3, -0.25) is 0 Å². The maximum absolute atomic E-state index is 6.10. The van der Waals surface area contributed by atoms with Crippen molar-refractivity contribution in [3.63, 3.8) is 0 Å². The van der Waals surface area contributed by atoms with Crippen LogP contribution in [-0.2, 0) is 5.41 Å². The summed E-state index contributed by atoms with van der Waals surface area (Å²) in [4.78, 5) is 4.94. The lowest BCUT2D eigenvalue weighted by Gasteiger charge is -2.40. The molecule has 0 spiro atoms. The molecule has 1 heterocycles. The van der Waals surface area contributed by atoms with Crippen molar-refractivity contribution in [2.45, 2.75) is 31.2 Å². The summed E-state index contributed by atoms with van der Waals surface area (Å²) < 4.78 is 0. The van der Waals surface area contributed by atoms with Gasteiger partial charge in [-0.15, -0.1) is 0 Å². The highest BCUT2D eigenvalue weighted by Crippen LogP contribution is 2.25. The molecule has 3 heteroatoms. The van der Waals surface area contributed by atoms with Crippen molar-refractivity contribution in [2.24, 2.45) is 5.73 Å². The van der Waals surface area contributed by atoms with Gasteiger partial charge in [0.05, 0.1) is 0 Å². The van der Waals surface area contributed by atoms with Gasteiger partial charge in [0.1, 0.15) is 0 Å². The lowest BCUT2D eigenvalue weighted by atomic mass is 9.81. The van der Waals surface area contributed by atoms with Crippen molar-refractivity contribution in [1.82, 2.24) is 9.80 Å². The molecule has 1 aliphatic rings. The number of piperidine rings is 1. The molecule has 0 aliphatic carbocycles. The lowest BCUT2D eigenvalue weighted by molar-refractivity contribution is 0.125. The fourth-order valence-electron chi connectivity index (χ4n) is 3.20. The highest BCUT2D eigenvalue weighted by atomic mass is 15.2. The Labute approximate surface area is 123 Å². The number of hydrogen-bond acceptors (Lipinski definition) is 3. The zero-order valence-electron chi connectivity index (χ0n) is 13.2. The first-order valence-corrected chi connectivity index (χ1v) is 7.69. The van der Waals surface area contributed by atoms with E-state index in [1.54, 1.807) is 0 Å². The van der Waals surface area contributed by atoms with Crippen molar-refractivity contribution in [3.05, 3.63) is 35.9 Å². The van der Waals surface area contributed by atoms with Gasteiger partial charge < -0.3 is 15.5 Å². The fourth-order valence-corrected chi connectivity index (χ4v) is 3.20. The molecule has 20 heavy (non-hydrogen) atoms. The van der Waals surface area contributed by atoms with Crippen molar-refractivity contribution in [1.29, 1.82) is 0 Å². The minimum absolute atomic E-state index is 0.0617. The van der Waals surface area contributed by atoms with Crippen LogP contribution in [0.15, 0.2) is 30.3 Å². The number of nitrogens with zero attached hydrogens (tertiary/aromatic N) is 2. The second-order valence-corrected chi connectivity index (χ2v) is 6.60. The first-order valence-electron chi connectivity index (χ1n) is 7.69. The molecule has 0 saturated carbocycles. The van der Waals surface area contributed by atoms with Crippen LogP contribution in [0, 0.1) is 0 Å². The summed E-state index contributed by atoms with van der Waals surface area (Å²) in [6, 6.07) is 11.5. The first kappa shape index (κ1) is 15.5. The summed E-state index contributed by atoms with van der Waals surface area (Å²) in [6.45, 7) is 6.43. The van der Waals surface area contributed by atoms with E-state index < -0.39 is 0 Å². The monoisotopic (exact) mass is 275 g/mol. The van der Waals surface area contributed by atoms with Crippen LogP contribution >= 0.6 is 0 Å². The molecular weight excluding hydrogens is 246 g/mol. The number of nitrogens with two attached hydrogens (primary N) is 1. The maximum Gasteiger partial charge on any atom is 0.0174 e. The van der Waals surface area contributed by atoms with E-state index in [-0.39, 0.29) is 5.41 Å². The molecule has 1 atom stereocenters. The summed E-state index contributed by atoms with van der Waals surface area (Å²) in [7, 11) is 4.38. The molecule has 1 fully saturated rings. The molecular formula is C17H29N3. The Morgan fingerprint density at radius 1 is 1.20 bits per heavy atom. The third-order valence-electron chi connectivity index (χ3n) is 4.78. The van der Waals surface area contributed by atoms with Crippen molar-refractivity contribution >= 4 is 0 Å². The minimum Gasteiger partial charge on any atom is -0.330 e. The molecule has 3 nitrogen and oxygen atoms in total. The molecule has 2 N–H and O–H groups in total. The number of rotatable bonds is 5. The molecule has 1 unspecified atom stereocenters. The van der Waals surface area contributed by atoms with Gasteiger partial charge >= 0.3 is 0 Å². The van der Waals surface area contributed by atoms with E-state index in [0.717, 1.165) is 12.6 Å². The van der Waals surface area contributed by atoms with Crippen LogP contribution in [0.3, 0.4) is 0 Å². The Morgan fingerprint density at radius 2 is 1.80 bits per heavy atom. The summed E-state index contributed by atoms with van der Waals surface area (Å²) in [5.74, 6) is 0. The van der Waals surface area contributed by atoms with Gasteiger partial charge in [-0.05, 0) is 45.6 Å². The Balaban J connectivity index is 1.98. The van der Waals surface area contributed by atoms with Crippen molar-refractivity contribution < 1.29 is 0 Å². The van der Waals surface area contributed by atoms with Crippen molar-refractivity contribution in [2.75, 3.05) is 40.3 Å². The Morgan fingerprint density at radius 3 is 2.30 bits per heavy atom. The van der Waals surface area contributed by atoms with E-state index in [0.29, 0.717) is 6.54 Å². The number of benzene rings is 1. The van der Waals surface area contributed by atoms with Gasteiger partial charge in [0, 0.05) is 24.5 Å².